The Morgan fingerprint density at radius 2 is 1.32 bits per heavy atom. The van der Waals surface area contributed by atoms with E-state index in [9.17, 15) is 0 Å². The number of quaternary nitrogens is 2. The molecule has 1 atom stereocenters. The van der Waals surface area contributed by atoms with Gasteiger partial charge in [-0.15, -0.1) is 0 Å². The van der Waals surface area contributed by atoms with E-state index < -0.39 is 0 Å². The summed E-state index contributed by atoms with van der Waals surface area (Å²) >= 11 is 0. The molecule has 0 saturated carbocycles. The zero-order valence-electron chi connectivity index (χ0n) is 13.7. The molecule has 3 nitrogen and oxygen atoms in total. The third kappa shape index (κ3) is 15.5. The Kier molecular flexibility index (Phi) is 17.4. The third-order valence-electron chi connectivity index (χ3n) is 3.50. The zero-order chi connectivity index (χ0) is 13.4. The van der Waals surface area contributed by atoms with Crippen LogP contribution in [0.4, 0.5) is 0 Å². The number of hydrogen-bond donors (Lipinski definition) is 0. The molecule has 120 valence electrons. The van der Waals surface area contributed by atoms with E-state index in [4.69, 9.17) is 4.74 Å². The van der Waals surface area contributed by atoms with E-state index in [0.29, 0.717) is 0 Å². The largest absolute Gasteiger partial charge is 1.00 e. The Bertz CT molecular complexity index is 198. The molecule has 0 aromatic rings. The molecule has 1 unspecified atom stereocenters. The number of rotatable bonds is 10. The molecule has 0 radical (unpaired) electrons. The standard InChI is InChI=1S/C14H34N2O.2HI/c1-7-9-10-16(6,8-2)12-14-17-13-11-15(3,4)5;;/h7-14H2,1-6H3;2*1H/q+2;;/p-2. The molecule has 0 bridgehead atoms. The fourth-order valence-electron chi connectivity index (χ4n) is 1.69. The topological polar surface area (TPSA) is 9.23 Å². The summed E-state index contributed by atoms with van der Waals surface area (Å²) in [5, 5.41) is 0. The van der Waals surface area contributed by atoms with Crippen LogP contribution < -0.4 is 48.0 Å². The van der Waals surface area contributed by atoms with Crippen LogP contribution >= 0.6 is 0 Å². The molecule has 0 rings (SSSR count). The van der Waals surface area contributed by atoms with Crippen molar-refractivity contribution < 1.29 is 61.7 Å². The van der Waals surface area contributed by atoms with Gasteiger partial charge in [0.25, 0.3) is 0 Å². The Morgan fingerprint density at radius 1 is 0.789 bits per heavy atom. The van der Waals surface area contributed by atoms with Gasteiger partial charge in [0.05, 0.1) is 54.5 Å². The van der Waals surface area contributed by atoms with Crippen molar-refractivity contribution >= 4 is 0 Å². The molecule has 0 fully saturated rings. The number of likely N-dealkylation sites (N-methyl/N-ethyl adjacent to an activating group) is 2. The number of nitrogens with zero attached hydrogens (tertiary/aromatic N) is 2. The summed E-state index contributed by atoms with van der Waals surface area (Å²) in [6, 6.07) is 0. The molecule has 19 heavy (non-hydrogen) atoms. The van der Waals surface area contributed by atoms with Crippen molar-refractivity contribution in [2.24, 2.45) is 0 Å². The monoisotopic (exact) mass is 500 g/mol. The summed E-state index contributed by atoms with van der Waals surface area (Å²) in [4.78, 5) is 0. The minimum absolute atomic E-state index is 0. The Labute approximate surface area is 155 Å². The van der Waals surface area contributed by atoms with Gasteiger partial charge in [0.15, 0.2) is 0 Å². The first-order valence-electron chi connectivity index (χ1n) is 7.05. The maximum Gasteiger partial charge on any atom is 0.102 e. The molecule has 0 aliphatic carbocycles. The molecule has 0 aliphatic heterocycles. The fourth-order valence-corrected chi connectivity index (χ4v) is 1.69. The quantitative estimate of drug-likeness (QED) is 0.169. The first-order valence-corrected chi connectivity index (χ1v) is 7.05. The lowest BCUT2D eigenvalue weighted by atomic mass is 10.2. The zero-order valence-corrected chi connectivity index (χ0v) is 18.0. The van der Waals surface area contributed by atoms with Crippen LogP contribution in [0, 0.1) is 0 Å². The van der Waals surface area contributed by atoms with Crippen molar-refractivity contribution in [1.82, 2.24) is 0 Å². The van der Waals surface area contributed by atoms with Crippen molar-refractivity contribution in [1.29, 1.82) is 0 Å². The van der Waals surface area contributed by atoms with E-state index in [2.05, 4.69) is 42.0 Å². The molecule has 0 aliphatic rings. The van der Waals surface area contributed by atoms with Gasteiger partial charge < -0.3 is 61.7 Å². The summed E-state index contributed by atoms with van der Waals surface area (Å²) in [6.07, 6.45) is 2.61. The molecular weight excluding hydrogens is 466 g/mol. The number of ether oxygens (including phenoxy) is 1. The van der Waals surface area contributed by atoms with Gasteiger partial charge >= 0.3 is 0 Å². The van der Waals surface area contributed by atoms with Gasteiger partial charge in [-0.05, 0) is 13.3 Å². The lowest BCUT2D eigenvalue weighted by Crippen LogP contribution is -3.00. The third-order valence-corrected chi connectivity index (χ3v) is 3.50. The maximum atomic E-state index is 5.76. The minimum atomic E-state index is 0. The Hall–Kier alpha value is 1.34. The maximum absolute atomic E-state index is 5.76. The van der Waals surface area contributed by atoms with E-state index in [1.165, 1.54) is 25.9 Å². The van der Waals surface area contributed by atoms with Crippen LogP contribution in [-0.4, -0.2) is 76.5 Å². The van der Waals surface area contributed by atoms with E-state index in [1.54, 1.807) is 0 Å². The predicted octanol–water partition coefficient (Wildman–Crippen LogP) is -4.02. The second-order valence-electron chi connectivity index (χ2n) is 6.36. The van der Waals surface area contributed by atoms with Crippen molar-refractivity contribution in [2.45, 2.75) is 26.7 Å². The normalized spacial score (nSPS) is 14.2. The highest BCUT2D eigenvalue weighted by molar-refractivity contribution is 4.40. The van der Waals surface area contributed by atoms with Crippen LogP contribution in [0.1, 0.15) is 26.7 Å². The number of hydrogen-bond acceptors (Lipinski definition) is 1. The summed E-state index contributed by atoms with van der Waals surface area (Å²) in [7, 11) is 8.96. The first-order chi connectivity index (χ1) is 7.83. The minimum Gasteiger partial charge on any atom is -1.00 e. The van der Waals surface area contributed by atoms with E-state index >= 15 is 0 Å². The molecule has 0 amide bonds. The Morgan fingerprint density at radius 3 is 1.74 bits per heavy atom. The molecule has 5 heteroatoms. The molecule has 0 spiro atoms. The SMILES string of the molecule is CCCC[N+](C)(CC)CCOCC[N+](C)(C)C.[I-].[I-]. The van der Waals surface area contributed by atoms with Crippen LogP contribution in [0.25, 0.3) is 0 Å². The summed E-state index contributed by atoms with van der Waals surface area (Å²) < 4.78 is 7.89. The van der Waals surface area contributed by atoms with Crippen LogP contribution in [0.3, 0.4) is 0 Å². The number of halogens is 2. The summed E-state index contributed by atoms with van der Waals surface area (Å²) in [5.74, 6) is 0. The predicted molar refractivity (Wildman–Crippen MR) is 75.1 cm³/mol. The highest BCUT2D eigenvalue weighted by Crippen LogP contribution is 2.05. The van der Waals surface area contributed by atoms with E-state index in [1.807, 2.05) is 0 Å². The van der Waals surface area contributed by atoms with E-state index in [-0.39, 0.29) is 48.0 Å². The lowest BCUT2D eigenvalue weighted by Gasteiger charge is -2.33. The van der Waals surface area contributed by atoms with Gasteiger partial charge in [0.1, 0.15) is 13.1 Å². The van der Waals surface area contributed by atoms with Crippen molar-refractivity contribution in [2.75, 3.05) is 67.6 Å². The summed E-state index contributed by atoms with van der Waals surface area (Å²) in [5.41, 5.74) is 0. The second kappa shape index (κ2) is 13.0. The lowest BCUT2D eigenvalue weighted by molar-refractivity contribution is -0.908. The van der Waals surface area contributed by atoms with Crippen LogP contribution in [0.2, 0.25) is 0 Å². The van der Waals surface area contributed by atoms with Crippen molar-refractivity contribution in [3.8, 4) is 0 Å². The van der Waals surface area contributed by atoms with Gasteiger partial charge in [0, 0.05) is 0 Å². The smallest absolute Gasteiger partial charge is 0.102 e. The molecule has 0 N–H and O–H groups in total. The highest BCUT2D eigenvalue weighted by Gasteiger charge is 2.18. The molecule has 0 saturated heterocycles. The second-order valence-corrected chi connectivity index (χ2v) is 6.36. The first kappa shape index (κ1) is 25.3. The van der Waals surface area contributed by atoms with Gasteiger partial charge in [-0.3, -0.25) is 0 Å². The van der Waals surface area contributed by atoms with Crippen LogP contribution in [0.5, 0.6) is 0 Å². The number of unbranched alkanes of at least 4 members (excludes halogenated alkanes) is 1. The average Bonchev–Trinajstić information content (AvgIpc) is 2.24. The van der Waals surface area contributed by atoms with Gasteiger partial charge in [-0.25, -0.2) is 0 Å². The Balaban J connectivity index is -0.00000128. The molecular formula is C14H34I2N2O. The summed E-state index contributed by atoms with van der Waals surface area (Å²) in [6.45, 7) is 11.0. The highest BCUT2D eigenvalue weighted by atomic mass is 127. The average molecular weight is 500 g/mol. The fraction of sp³-hybridized carbons (Fsp3) is 1.00. The van der Waals surface area contributed by atoms with Crippen molar-refractivity contribution in [3.05, 3.63) is 0 Å². The van der Waals surface area contributed by atoms with Crippen LogP contribution in [0.15, 0.2) is 0 Å². The van der Waals surface area contributed by atoms with E-state index in [0.717, 1.165) is 35.3 Å². The van der Waals surface area contributed by atoms with Crippen LogP contribution in [-0.2, 0) is 4.74 Å². The molecule has 0 aromatic carbocycles. The molecule has 0 heterocycles. The van der Waals surface area contributed by atoms with Gasteiger partial charge in [-0.1, -0.05) is 13.3 Å². The van der Waals surface area contributed by atoms with Gasteiger partial charge in [-0.2, -0.15) is 0 Å². The molecule has 0 aromatic heterocycles. The van der Waals surface area contributed by atoms with Gasteiger partial charge in [0.2, 0.25) is 0 Å². The van der Waals surface area contributed by atoms with Crippen molar-refractivity contribution in [3.63, 3.8) is 0 Å².